The van der Waals surface area contributed by atoms with E-state index < -0.39 is 18.4 Å². The van der Waals surface area contributed by atoms with Gasteiger partial charge < -0.3 is 5.32 Å². The number of amides is 1. The summed E-state index contributed by atoms with van der Waals surface area (Å²) in [6, 6.07) is 4.70. The van der Waals surface area contributed by atoms with Gasteiger partial charge in [0.25, 0.3) is 11.8 Å². The van der Waals surface area contributed by atoms with Crippen molar-refractivity contribution in [2.45, 2.75) is 19.8 Å². The molecule has 1 heterocycles. The monoisotopic (exact) mass is 372 g/mol. The maximum atomic E-state index is 14.3. The van der Waals surface area contributed by atoms with Gasteiger partial charge in [-0.3, -0.25) is 4.79 Å². The molecule has 0 bridgehead atoms. The third kappa shape index (κ3) is 3.32. The van der Waals surface area contributed by atoms with E-state index in [1.807, 2.05) is 6.92 Å². The number of aryl methyl sites for hydroxylation is 3. The molecule has 1 aromatic heterocycles. The number of aromatic nitrogens is 3. The lowest BCUT2D eigenvalue weighted by Crippen LogP contribution is -2.36. The van der Waals surface area contributed by atoms with Crippen LogP contribution < -0.4 is 5.32 Å². The lowest BCUT2D eigenvalue weighted by molar-refractivity contribution is -0.00317. The molecule has 0 aliphatic carbocycles. The van der Waals surface area contributed by atoms with Crippen LogP contribution in [0.3, 0.4) is 0 Å². The van der Waals surface area contributed by atoms with E-state index in [4.69, 9.17) is 0 Å². The predicted molar refractivity (Wildman–Crippen MR) is 80.8 cm³/mol. The van der Waals surface area contributed by atoms with E-state index in [1.165, 1.54) is 17.8 Å². The fourth-order valence-corrected chi connectivity index (χ4v) is 2.67. The highest BCUT2D eigenvalue weighted by Gasteiger charge is 2.34. The molecule has 0 saturated carbocycles. The molecule has 0 radical (unpaired) electrons. The van der Waals surface area contributed by atoms with Crippen LogP contribution in [0.2, 0.25) is 0 Å². The Balaban J connectivity index is 2.14. The van der Waals surface area contributed by atoms with Gasteiger partial charge in [-0.2, -0.15) is 8.78 Å². The lowest BCUT2D eigenvalue weighted by atomic mass is 10.0. The number of rotatable bonds is 4. The van der Waals surface area contributed by atoms with Crippen LogP contribution in [0.5, 0.6) is 0 Å². The van der Waals surface area contributed by atoms with E-state index in [0.717, 1.165) is 5.56 Å². The second-order valence-electron chi connectivity index (χ2n) is 5.06. The van der Waals surface area contributed by atoms with E-state index >= 15 is 0 Å². The first-order valence-electron chi connectivity index (χ1n) is 6.51. The first-order valence-corrected chi connectivity index (χ1v) is 7.30. The summed E-state index contributed by atoms with van der Waals surface area (Å²) in [5, 5.41) is 9.51. The van der Waals surface area contributed by atoms with Crippen LogP contribution in [0.25, 0.3) is 0 Å². The zero-order valence-electron chi connectivity index (χ0n) is 12.3. The number of carbonyl (C=O) groups is 1. The van der Waals surface area contributed by atoms with E-state index in [9.17, 15) is 13.6 Å². The third-order valence-corrected chi connectivity index (χ3v) is 3.78. The Labute approximate surface area is 134 Å². The Bertz CT molecular complexity index is 695. The van der Waals surface area contributed by atoms with Gasteiger partial charge in [-0.15, -0.1) is 5.10 Å². The molecule has 1 amide bonds. The van der Waals surface area contributed by atoms with E-state index in [-0.39, 0.29) is 15.9 Å². The normalized spacial score (nSPS) is 11.5. The molecule has 0 spiro atoms. The van der Waals surface area contributed by atoms with Gasteiger partial charge in [0.2, 0.25) is 0 Å². The lowest BCUT2D eigenvalue weighted by Gasteiger charge is -2.19. The van der Waals surface area contributed by atoms with Crippen molar-refractivity contribution < 1.29 is 13.6 Å². The summed E-state index contributed by atoms with van der Waals surface area (Å²) in [6.45, 7) is 2.66. The molecule has 0 aliphatic heterocycles. The van der Waals surface area contributed by atoms with E-state index in [2.05, 4.69) is 31.6 Å². The number of benzene rings is 1. The van der Waals surface area contributed by atoms with E-state index in [1.54, 1.807) is 19.1 Å². The third-order valence-electron chi connectivity index (χ3n) is 3.25. The second-order valence-corrected chi connectivity index (χ2v) is 5.81. The Morgan fingerprint density at radius 1 is 1.41 bits per heavy atom. The average molecular weight is 373 g/mol. The molecule has 22 heavy (non-hydrogen) atoms. The molecule has 1 aromatic carbocycles. The Morgan fingerprint density at radius 2 is 2.09 bits per heavy atom. The molecule has 0 aliphatic rings. The van der Waals surface area contributed by atoms with Gasteiger partial charge in [-0.1, -0.05) is 29.0 Å². The fourth-order valence-electron chi connectivity index (χ4n) is 2.17. The highest BCUT2D eigenvalue weighted by molar-refractivity contribution is 9.10. The van der Waals surface area contributed by atoms with Crippen LogP contribution in [0.15, 0.2) is 22.8 Å². The highest BCUT2D eigenvalue weighted by atomic mass is 79.9. The van der Waals surface area contributed by atoms with Crippen molar-refractivity contribution in [3.05, 3.63) is 45.2 Å². The van der Waals surface area contributed by atoms with Crippen LogP contribution in [-0.2, 0) is 13.0 Å². The predicted octanol–water partition coefficient (Wildman–Crippen LogP) is 2.72. The molecule has 2 rings (SSSR count). The molecule has 5 nitrogen and oxygen atoms in total. The fraction of sp³-hybridized carbons (Fsp3) is 0.357. The highest BCUT2D eigenvalue weighted by Crippen LogP contribution is 2.30. The largest absolute Gasteiger partial charge is 0.344 e. The van der Waals surface area contributed by atoms with Crippen molar-refractivity contribution in [3.63, 3.8) is 0 Å². The van der Waals surface area contributed by atoms with Crippen molar-refractivity contribution in [1.82, 2.24) is 20.3 Å². The summed E-state index contributed by atoms with van der Waals surface area (Å²) in [5.74, 6) is -3.82. The van der Waals surface area contributed by atoms with Crippen molar-refractivity contribution in [2.24, 2.45) is 7.05 Å². The number of alkyl halides is 2. The van der Waals surface area contributed by atoms with Crippen molar-refractivity contribution >= 4 is 21.8 Å². The summed E-state index contributed by atoms with van der Waals surface area (Å²) in [7, 11) is 1.51. The summed E-state index contributed by atoms with van der Waals surface area (Å²) in [6.07, 6.45) is 0. The molecule has 0 fully saturated rings. The van der Waals surface area contributed by atoms with Crippen molar-refractivity contribution in [2.75, 3.05) is 6.54 Å². The molecule has 0 atom stereocenters. The minimum atomic E-state index is -3.16. The molecular weight excluding hydrogens is 358 g/mol. The average Bonchev–Trinajstić information content (AvgIpc) is 2.75. The summed E-state index contributed by atoms with van der Waals surface area (Å²) in [4.78, 5) is 12.0. The topological polar surface area (TPSA) is 59.8 Å². The standard InChI is InChI=1S/C14H15BrF2N4O/c1-8-4-5-10(9(2)6-8)14(16,17)7-18-13(22)11-12(15)19-20-21(11)3/h4-6H,7H2,1-3H3,(H,18,22). The maximum absolute atomic E-state index is 14.3. The van der Waals surface area contributed by atoms with Crippen LogP contribution in [0, 0.1) is 13.8 Å². The summed E-state index contributed by atoms with van der Waals surface area (Å²) in [5.41, 5.74) is 1.39. The summed E-state index contributed by atoms with van der Waals surface area (Å²) < 4.78 is 30.0. The number of carbonyl (C=O) groups excluding carboxylic acids is 1. The van der Waals surface area contributed by atoms with E-state index in [0.29, 0.717) is 5.56 Å². The minimum Gasteiger partial charge on any atom is -0.344 e. The number of halogens is 3. The minimum absolute atomic E-state index is 0.0939. The molecule has 0 unspecified atom stereocenters. The molecular formula is C14H15BrF2N4O. The molecule has 8 heteroatoms. The first-order chi connectivity index (χ1) is 10.2. The Kier molecular flexibility index (Phi) is 4.60. The van der Waals surface area contributed by atoms with Crippen LogP contribution in [0.1, 0.15) is 27.2 Å². The Morgan fingerprint density at radius 3 is 2.64 bits per heavy atom. The zero-order chi connectivity index (χ0) is 16.5. The van der Waals surface area contributed by atoms with Gasteiger partial charge in [0, 0.05) is 12.6 Å². The van der Waals surface area contributed by atoms with Crippen LogP contribution in [0.4, 0.5) is 8.78 Å². The van der Waals surface area contributed by atoms with Gasteiger partial charge in [0.1, 0.15) is 0 Å². The summed E-state index contributed by atoms with van der Waals surface area (Å²) >= 11 is 3.06. The SMILES string of the molecule is Cc1ccc(C(F)(F)CNC(=O)c2c(Br)nnn2C)c(C)c1. The molecule has 2 aromatic rings. The number of nitrogens with zero attached hydrogens (tertiary/aromatic N) is 3. The quantitative estimate of drug-likeness (QED) is 0.897. The Hall–Kier alpha value is -1.83. The van der Waals surface area contributed by atoms with Gasteiger partial charge in [0.05, 0.1) is 6.54 Å². The molecule has 118 valence electrons. The molecule has 1 N–H and O–H groups in total. The number of hydrogen-bond donors (Lipinski definition) is 1. The number of nitrogens with one attached hydrogen (secondary N) is 1. The maximum Gasteiger partial charge on any atom is 0.290 e. The van der Waals surface area contributed by atoms with Crippen molar-refractivity contribution in [1.29, 1.82) is 0 Å². The van der Waals surface area contributed by atoms with Crippen LogP contribution >= 0.6 is 15.9 Å². The zero-order valence-corrected chi connectivity index (χ0v) is 13.9. The van der Waals surface area contributed by atoms with Gasteiger partial charge >= 0.3 is 0 Å². The van der Waals surface area contributed by atoms with Crippen LogP contribution in [-0.4, -0.2) is 27.4 Å². The molecule has 0 saturated heterocycles. The second kappa shape index (κ2) is 6.12. The van der Waals surface area contributed by atoms with Crippen molar-refractivity contribution in [3.8, 4) is 0 Å². The van der Waals surface area contributed by atoms with Gasteiger partial charge in [0.15, 0.2) is 10.3 Å². The van der Waals surface area contributed by atoms with Gasteiger partial charge in [-0.05, 0) is 35.3 Å². The number of hydrogen-bond acceptors (Lipinski definition) is 3. The smallest absolute Gasteiger partial charge is 0.290 e. The first kappa shape index (κ1) is 16.5. The van der Waals surface area contributed by atoms with Gasteiger partial charge in [-0.25, -0.2) is 4.68 Å².